The van der Waals surface area contributed by atoms with Gasteiger partial charge < -0.3 is 4.90 Å². The van der Waals surface area contributed by atoms with Crippen LogP contribution in [0.1, 0.15) is 25.7 Å². The van der Waals surface area contributed by atoms with E-state index < -0.39 is 10.0 Å². The number of fused-ring (bicyclic) bond motifs is 1. The second-order valence-corrected chi connectivity index (χ2v) is 9.94. The zero-order valence-electron chi connectivity index (χ0n) is 14.1. The molecule has 3 rings (SSSR count). The van der Waals surface area contributed by atoms with Crippen LogP contribution in [0.2, 0.25) is 10.0 Å². The summed E-state index contributed by atoms with van der Waals surface area (Å²) in [5.41, 5.74) is 2.04. The Kier molecular flexibility index (Phi) is 5.94. The number of halogens is 2. The van der Waals surface area contributed by atoms with Gasteiger partial charge in [-0.15, -0.1) is 11.3 Å². The second kappa shape index (κ2) is 7.86. The highest BCUT2D eigenvalue weighted by Gasteiger charge is 2.25. The van der Waals surface area contributed by atoms with Gasteiger partial charge in [-0.05, 0) is 42.2 Å². The molecule has 2 aromatic rings. The maximum atomic E-state index is 12.8. The van der Waals surface area contributed by atoms with Crippen molar-refractivity contribution in [3.8, 4) is 0 Å². The Morgan fingerprint density at radius 1 is 1.27 bits per heavy atom. The molecular formula is C17H18Cl2N2O3S2. The van der Waals surface area contributed by atoms with Crippen LogP contribution in [0.15, 0.2) is 24.3 Å². The molecule has 1 N–H and O–H groups in total. The first-order valence-corrected chi connectivity index (χ1v) is 11.5. The number of amides is 1. The lowest BCUT2D eigenvalue weighted by Crippen LogP contribution is -2.35. The molecule has 140 valence electrons. The van der Waals surface area contributed by atoms with Crippen molar-refractivity contribution in [2.24, 2.45) is 0 Å². The number of rotatable bonds is 5. The van der Waals surface area contributed by atoms with Crippen LogP contribution in [0.3, 0.4) is 0 Å². The van der Waals surface area contributed by atoms with Crippen LogP contribution in [-0.2, 0) is 29.4 Å². The van der Waals surface area contributed by atoms with E-state index in [2.05, 4.69) is 4.72 Å². The summed E-state index contributed by atoms with van der Waals surface area (Å²) in [5.74, 6) is -0.0194. The van der Waals surface area contributed by atoms with E-state index in [9.17, 15) is 13.2 Å². The minimum atomic E-state index is -3.20. The fourth-order valence-corrected chi connectivity index (χ4v) is 4.80. The zero-order valence-corrected chi connectivity index (χ0v) is 17.2. The van der Waals surface area contributed by atoms with Crippen molar-refractivity contribution < 1.29 is 13.2 Å². The lowest BCUT2D eigenvalue weighted by atomic mass is 9.99. The predicted molar refractivity (Wildman–Crippen MR) is 106 cm³/mol. The average Bonchev–Trinajstić information content (AvgIpc) is 3.05. The lowest BCUT2D eigenvalue weighted by molar-refractivity contribution is 0.0739. The van der Waals surface area contributed by atoms with E-state index in [1.165, 1.54) is 11.3 Å². The zero-order chi connectivity index (χ0) is 18.9. The van der Waals surface area contributed by atoms with Gasteiger partial charge in [0.25, 0.3) is 5.91 Å². The Morgan fingerprint density at radius 2 is 2.04 bits per heavy atom. The third-order valence-corrected chi connectivity index (χ3v) is 6.89. The number of sulfonamides is 1. The molecule has 0 fully saturated rings. The fraction of sp³-hybridized carbons (Fsp3) is 0.353. The van der Waals surface area contributed by atoms with Crippen molar-refractivity contribution in [3.05, 3.63) is 55.2 Å². The minimum Gasteiger partial charge on any atom is -0.333 e. The first-order valence-electron chi connectivity index (χ1n) is 8.03. The molecule has 0 atom stereocenters. The molecule has 1 aliphatic heterocycles. The maximum Gasteiger partial charge on any atom is 0.264 e. The van der Waals surface area contributed by atoms with Gasteiger partial charge in [0, 0.05) is 24.5 Å². The minimum absolute atomic E-state index is 0.0194. The third-order valence-electron chi connectivity index (χ3n) is 4.18. The molecule has 1 aliphatic rings. The Hall–Kier alpha value is -1.12. The molecule has 5 nitrogen and oxygen atoms in total. The highest BCUT2D eigenvalue weighted by atomic mass is 35.5. The van der Waals surface area contributed by atoms with Gasteiger partial charge in [0.2, 0.25) is 10.0 Å². The maximum absolute atomic E-state index is 12.8. The van der Waals surface area contributed by atoms with E-state index in [1.54, 1.807) is 17.0 Å². The SMILES string of the molecule is CS(=O)(=O)NCCc1ccc(C(=O)N2CCc3c(ccc(Cl)c3Cl)C2)s1. The second-order valence-electron chi connectivity index (χ2n) is 6.16. The van der Waals surface area contributed by atoms with Crippen molar-refractivity contribution in [2.45, 2.75) is 19.4 Å². The van der Waals surface area contributed by atoms with E-state index in [0.717, 1.165) is 22.3 Å². The van der Waals surface area contributed by atoms with E-state index in [4.69, 9.17) is 23.2 Å². The Bertz CT molecular complexity index is 941. The van der Waals surface area contributed by atoms with Crippen molar-refractivity contribution in [1.29, 1.82) is 0 Å². The first kappa shape index (κ1) is 19.6. The van der Waals surface area contributed by atoms with Crippen molar-refractivity contribution in [1.82, 2.24) is 9.62 Å². The molecule has 26 heavy (non-hydrogen) atoms. The molecule has 0 unspecified atom stereocenters. The molecule has 9 heteroatoms. The first-order chi connectivity index (χ1) is 12.2. The monoisotopic (exact) mass is 432 g/mol. The molecule has 0 aliphatic carbocycles. The summed E-state index contributed by atoms with van der Waals surface area (Å²) in [6.45, 7) is 1.42. The Morgan fingerprint density at radius 3 is 2.77 bits per heavy atom. The summed E-state index contributed by atoms with van der Waals surface area (Å²) in [5, 5.41) is 1.11. The van der Waals surface area contributed by atoms with Gasteiger partial charge in [0.1, 0.15) is 0 Å². The molecule has 1 aromatic heterocycles. The van der Waals surface area contributed by atoms with E-state index >= 15 is 0 Å². The summed E-state index contributed by atoms with van der Waals surface area (Å²) >= 11 is 13.7. The molecule has 0 bridgehead atoms. The summed E-state index contributed by atoms with van der Waals surface area (Å²) in [6.07, 6.45) is 2.36. The van der Waals surface area contributed by atoms with Crippen LogP contribution in [0.4, 0.5) is 0 Å². The van der Waals surface area contributed by atoms with Gasteiger partial charge in [-0.1, -0.05) is 29.3 Å². The number of hydrogen-bond donors (Lipinski definition) is 1. The van der Waals surface area contributed by atoms with Gasteiger partial charge in [-0.3, -0.25) is 4.79 Å². The van der Waals surface area contributed by atoms with Gasteiger partial charge in [0.15, 0.2) is 0 Å². The fourth-order valence-electron chi connectivity index (χ4n) is 2.90. The normalized spacial score (nSPS) is 14.3. The molecule has 0 saturated carbocycles. The average molecular weight is 433 g/mol. The molecule has 1 aromatic carbocycles. The van der Waals surface area contributed by atoms with Crippen molar-refractivity contribution in [2.75, 3.05) is 19.3 Å². The largest absolute Gasteiger partial charge is 0.333 e. The van der Waals surface area contributed by atoms with Crippen LogP contribution in [0, 0.1) is 0 Å². The van der Waals surface area contributed by atoms with Crippen LogP contribution in [0.25, 0.3) is 0 Å². The third kappa shape index (κ3) is 4.58. The molecule has 0 spiro atoms. The summed E-state index contributed by atoms with van der Waals surface area (Å²) < 4.78 is 24.7. The van der Waals surface area contributed by atoms with Crippen LogP contribution < -0.4 is 4.72 Å². The molecule has 0 radical (unpaired) electrons. The van der Waals surface area contributed by atoms with E-state index in [1.807, 2.05) is 12.1 Å². The highest BCUT2D eigenvalue weighted by Crippen LogP contribution is 2.33. The van der Waals surface area contributed by atoms with Crippen molar-refractivity contribution >= 4 is 50.5 Å². The lowest BCUT2D eigenvalue weighted by Gasteiger charge is -2.29. The number of thiophene rings is 1. The van der Waals surface area contributed by atoms with Gasteiger partial charge in [-0.2, -0.15) is 0 Å². The van der Waals surface area contributed by atoms with Gasteiger partial charge in [0.05, 0.1) is 21.2 Å². The van der Waals surface area contributed by atoms with Crippen LogP contribution in [-0.4, -0.2) is 38.6 Å². The Balaban J connectivity index is 1.66. The molecule has 2 heterocycles. The molecule has 0 saturated heterocycles. The summed E-state index contributed by atoms with van der Waals surface area (Å²) in [6, 6.07) is 7.35. The van der Waals surface area contributed by atoms with Gasteiger partial charge >= 0.3 is 0 Å². The standard InChI is InChI=1S/C17H18Cl2N2O3S2/c1-26(23,24)20-8-6-12-3-5-15(25-12)17(22)21-9-7-13-11(10-21)2-4-14(18)16(13)19/h2-5,20H,6-10H2,1H3. The highest BCUT2D eigenvalue weighted by molar-refractivity contribution is 7.88. The van der Waals surface area contributed by atoms with E-state index in [-0.39, 0.29) is 5.91 Å². The Labute approximate surface area is 167 Å². The number of hydrogen-bond acceptors (Lipinski definition) is 4. The number of carbonyl (C=O) groups excluding carboxylic acids is 1. The van der Waals surface area contributed by atoms with E-state index in [0.29, 0.717) is 47.4 Å². The number of nitrogens with zero attached hydrogens (tertiary/aromatic N) is 1. The van der Waals surface area contributed by atoms with Crippen LogP contribution >= 0.6 is 34.5 Å². The number of nitrogens with one attached hydrogen (secondary N) is 1. The van der Waals surface area contributed by atoms with Gasteiger partial charge in [-0.25, -0.2) is 13.1 Å². The quantitative estimate of drug-likeness (QED) is 0.787. The smallest absolute Gasteiger partial charge is 0.264 e. The topological polar surface area (TPSA) is 66.5 Å². The number of carbonyl (C=O) groups is 1. The number of benzene rings is 1. The summed E-state index contributed by atoms with van der Waals surface area (Å²) in [7, 11) is -3.20. The van der Waals surface area contributed by atoms with Crippen LogP contribution in [0.5, 0.6) is 0 Å². The van der Waals surface area contributed by atoms with Crippen molar-refractivity contribution in [3.63, 3.8) is 0 Å². The molecule has 1 amide bonds. The predicted octanol–water partition coefficient (Wildman–Crippen LogP) is 3.35. The summed E-state index contributed by atoms with van der Waals surface area (Å²) in [4.78, 5) is 16.2. The molecular weight excluding hydrogens is 415 g/mol.